The van der Waals surface area contributed by atoms with E-state index in [-0.39, 0.29) is 18.3 Å². The third kappa shape index (κ3) is 4.24. The summed E-state index contributed by atoms with van der Waals surface area (Å²) in [7, 11) is 1.89. The highest BCUT2D eigenvalue weighted by Gasteiger charge is 2.17. The molecule has 28 heavy (non-hydrogen) atoms. The molecular formula is C23H29N3O2. The Bertz CT molecular complexity index is 987. The first-order valence-corrected chi connectivity index (χ1v) is 9.81. The first kappa shape index (κ1) is 20.1. The van der Waals surface area contributed by atoms with E-state index in [9.17, 15) is 4.79 Å². The molecule has 0 radical (unpaired) electrons. The number of nitrogens with zero attached hydrogens (tertiary/aromatic N) is 3. The van der Waals surface area contributed by atoms with Gasteiger partial charge < -0.3 is 4.74 Å². The van der Waals surface area contributed by atoms with Crippen LogP contribution in [-0.4, -0.2) is 27.2 Å². The smallest absolute Gasteiger partial charge is 0.215 e. The van der Waals surface area contributed by atoms with Crippen LogP contribution in [0, 0.1) is 13.8 Å². The zero-order chi connectivity index (χ0) is 20.4. The fourth-order valence-corrected chi connectivity index (χ4v) is 3.48. The number of ketones is 1. The van der Waals surface area contributed by atoms with Crippen LogP contribution in [0.25, 0.3) is 11.0 Å². The number of aryl methyl sites for hydroxylation is 3. The van der Waals surface area contributed by atoms with Gasteiger partial charge in [0.2, 0.25) is 5.88 Å². The van der Waals surface area contributed by atoms with Gasteiger partial charge in [0.15, 0.2) is 11.4 Å². The fraction of sp³-hybridized carbons (Fsp3) is 0.435. The average Bonchev–Trinajstić information content (AvgIpc) is 2.98. The number of Topliss-reactive ketones (excluding diaryl/α,β-unsaturated/α-hetero) is 1. The second-order valence-electron chi connectivity index (χ2n) is 7.98. The number of carbonyl (C=O) groups excluding carboxylic acids is 1. The first-order chi connectivity index (χ1) is 13.3. The zero-order valence-corrected chi connectivity index (χ0v) is 17.6. The lowest BCUT2D eigenvalue weighted by atomic mass is 9.95. The van der Waals surface area contributed by atoms with Gasteiger partial charge in [-0.1, -0.05) is 50.6 Å². The molecule has 0 N–H and O–H groups in total. The minimum absolute atomic E-state index is 0.0308. The Hall–Kier alpha value is -2.69. The van der Waals surface area contributed by atoms with Crippen LogP contribution in [-0.2, 0) is 11.8 Å². The quantitative estimate of drug-likeness (QED) is 0.589. The molecule has 5 nitrogen and oxygen atoms in total. The summed E-state index contributed by atoms with van der Waals surface area (Å²) in [6, 6.07) is 10.2. The van der Waals surface area contributed by atoms with Gasteiger partial charge in [0, 0.05) is 24.9 Å². The molecular weight excluding hydrogens is 350 g/mol. The third-order valence-electron chi connectivity index (χ3n) is 5.10. The second-order valence-corrected chi connectivity index (χ2v) is 7.98. The van der Waals surface area contributed by atoms with E-state index in [0.29, 0.717) is 18.2 Å². The van der Waals surface area contributed by atoms with Gasteiger partial charge in [-0.25, -0.2) is 0 Å². The number of benzene rings is 1. The maximum Gasteiger partial charge on any atom is 0.215 e. The van der Waals surface area contributed by atoms with Gasteiger partial charge in [0.05, 0.1) is 5.69 Å². The Kier molecular flexibility index (Phi) is 5.82. The van der Waals surface area contributed by atoms with Gasteiger partial charge in [-0.3, -0.25) is 9.48 Å². The number of carbonyl (C=O) groups is 1. The van der Waals surface area contributed by atoms with Crippen molar-refractivity contribution in [2.24, 2.45) is 7.05 Å². The van der Waals surface area contributed by atoms with Gasteiger partial charge in [-0.2, -0.15) is 10.1 Å². The van der Waals surface area contributed by atoms with Gasteiger partial charge in [0.25, 0.3) is 0 Å². The summed E-state index contributed by atoms with van der Waals surface area (Å²) in [6.07, 6.45) is 0.452. The van der Waals surface area contributed by atoms with Crippen molar-refractivity contribution in [2.45, 2.75) is 52.9 Å². The highest BCUT2D eigenvalue weighted by molar-refractivity contribution is 5.83. The largest absolute Gasteiger partial charge is 0.470 e. The predicted molar refractivity (Wildman–Crippen MR) is 112 cm³/mol. The molecule has 0 saturated heterocycles. The molecule has 1 aromatic carbocycles. The van der Waals surface area contributed by atoms with E-state index >= 15 is 0 Å². The molecule has 5 heteroatoms. The van der Waals surface area contributed by atoms with Crippen LogP contribution in [0.15, 0.2) is 30.3 Å². The molecule has 1 atom stereocenters. The summed E-state index contributed by atoms with van der Waals surface area (Å²) < 4.78 is 7.52. The van der Waals surface area contributed by atoms with E-state index < -0.39 is 0 Å². The lowest BCUT2D eigenvalue weighted by molar-refractivity contribution is -0.121. The Morgan fingerprint density at radius 1 is 1.14 bits per heavy atom. The van der Waals surface area contributed by atoms with Crippen LogP contribution in [0.2, 0.25) is 0 Å². The van der Waals surface area contributed by atoms with Crippen LogP contribution < -0.4 is 4.74 Å². The molecule has 3 rings (SSSR count). The average molecular weight is 380 g/mol. The molecule has 0 aliphatic carbocycles. The van der Waals surface area contributed by atoms with Crippen molar-refractivity contribution in [1.82, 2.24) is 14.8 Å². The molecule has 3 aromatic rings. The third-order valence-corrected chi connectivity index (χ3v) is 5.10. The van der Waals surface area contributed by atoms with Crippen molar-refractivity contribution < 1.29 is 9.53 Å². The van der Waals surface area contributed by atoms with Gasteiger partial charge >= 0.3 is 0 Å². The lowest BCUT2D eigenvalue weighted by Gasteiger charge is -2.12. The van der Waals surface area contributed by atoms with Crippen LogP contribution in [0.4, 0.5) is 0 Å². The molecule has 148 valence electrons. The van der Waals surface area contributed by atoms with Crippen molar-refractivity contribution >= 4 is 16.8 Å². The molecule has 0 bridgehead atoms. The van der Waals surface area contributed by atoms with E-state index in [0.717, 1.165) is 22.3 Å². The van der Waals surface area contributed by atoms with Crippen LogP contribution in [0.1, 0.15) is 61.4 Å². The first-order valence-electron chi connectivity index (χ1n) is 9.81. The molecule has 0 saturated carbocycles. The Morgan fingerprint density at radius 2 is 1.82 bits per heavy atom. The van der Waals surface area contributed by atoms with E-state index in [4.69, 9.17) is 4.74 Å². The summed E-state index contributed by atoms with van der Waals surface area (Å²) in [5.41, 5.74) is 5.29. The zero-order valence-electron chi connectivity index (χ0n) is 17.6. The highest BCUT2D eigenvalue weighted by atomic mass is 16.5. The van der Waals surface area contributed by atoms with E-state index in [1.165, 1.54) is 11.1 Å². The molecule has 0 unspecified atom stereocenters. The number of rotatable bonds is 7. The molecule has 0 amide bonds. The van der Waals surface area contributed by atoms with E-state index in [1.807, 2.05) is 20.0 Å². The molecule has 0 aliphatic rings. The number of fused-ring (bicyclic) bond motifs is 1. The van der Waals surface area contributed by atoms with Gasteiger partial charge in [0.1, 0.15) is 6.61 Å². The number of ether oxygens (including phenoxy) is 1. The van der Waals surface area contributed by atoms with Crippen molar-refractivity contribution in [3.05, 3.63) is 52.7 Å². The van der Waals surface area contributed by atoms with Crippen molar-refractivity contribution in [2.75, 3.05) is 6.61 Å². The van der Waals surface area contributed by atoms with Gasteiger partial charge in [-0.15, -0.1) is 0 Å². The molecule has 2 heterocycles. The van der Waals surface area contributed by atoms with Crippen LogP contribution in [0.3, 0.4) is 0 Å². The number of hydrogen-bond donors (Lipinski definition) is 0. The Balaban J connectivity index is 1.68. The molecule has 0 spiro atoms. The monoisotopic (exact) mass is 379 g/mol. The fourth-order valence-electron chi connectivity index (χ4n) is 3.48. The number of aromatic nitrogens is 3. The second kappa shape index (κ2) is 8.13. The summed E-state index contributed by atoms with van der Waals surface area (Å²) in [5.74, 6) is 1.03. The molecule has 2 aromatic heterocycles. The highest BCUT2D eigenvalue weighted by Crippen LogP contribution is 2.28. The predicted octanol–water partition coefficient (Wildman–Crippen LogP) is 4.85. The van der Waals surface area contributed by atoms with E-state index in [1.54, 1.807) is 4.68 Å². The Morgan fingerprint density at radius 3 is 2.46 bits per heavy atom. The summed E-state index contributed by atoms with van der Waals surface area (Å²) in [4.78, 5) is 17.0. The number of hydrogen-bond acceptors (Lipinski definition) is 4. The molecule has 0 aliphatic heterocycles. The summed E-state index contributed by atoms with van der Waals surface area (Å²) in [5, 5.41) is 5.67. The lowest BCUT2D eigenvalue weighted by Crippen LogP contribution is -2.14. The van der Waals surface area contributed by atoms with Crippen molar-refractivity contribution in [1.29, 1.82) is 0 Å². The summed E-state index contributed by atoms with van der Waals surface area (Å²) >= 11 is 0. The SMILES string of the molecule is Cc1ccc([C@H](C)CC(=O)COc2cc(C)c3c(C(C)C)nn(C)c3n2)cc1. The van der Waals surface area contributed by atoms with Gasteiger partial charge in [-0.05, 0) is 36.8 Å². The molecule has 0 fully saturated rings. The maximum absolute atomic E-state index is 12.4. The topological polar surface area (TPSA) is 57.0 Å². The normalized spacial score (nSPS) is 12.5. The van der Waals surface area contributed by atoms with Crippen LogP contribution in [0.5, 0.6) is 5.88 Å². The number of pyridine rings is 1. The van der Waals surface area contributed by atoms with Crippen molar-refractivity contribution in [3.63, 3.8) is 0 Å². The van der Waals surface area contributed by atoms with Crippen molar-refractivity contribution in [3.8, 4) is 5.88 Å². The summed E-state index contributed by atoms with van der Waals surface area (Å²) in [6.45, 7) is 10.4. The minimum Gasteiger partial charge on any atom is -0.470 e. The Labute approximate surface area is 166 Å². The minimum atomic E-state index is 0.0308. The maximum atomic E-state index is 12.4. The standard InChI is InChI=1S/C23H29N3O2/c1-14(2)22-21-17(5)12-20(24-23(21)26(6)25-22)28-13-19(27)11-16(4)18-9-7-15(3)8-10-18/h7-10,12,14,16H,11,13H2,1-6H3/t16-/m1/s1. The van der Waals surface area contributed by atoms with Crippen LogP contribution >= 0.6 is 0 Å². The van der Waals surface area contributed by atoms with E-state index in [2.05, 4.69) is 62.0 Å².